The molecule has 2 heterocycles. The molecule has 0 unspecified atom stereocenters. The van der Waals surface area contributed by atoms with Gasteiger partial charge in [-0.2, -0.15) is 0 Å². The summed E-state index contributed by atoms with van der Waals surface area (Å²) in [4.78, 5) is 8.59. The van der Waals surface area contributed by atoms with E-state index in [2.05, 4.69) is 50.2 Å². The second-order valence-electron chi connectivity index (χ2n) is 6.70. The van der Waals surface area contributed by atoms with Gasteiger partial charge in [0.05, 0.1) is 6.20 Å². The molecule has 0 bridgehead atoms. The molecular formula is C22H25BrN2O2. The first kappa shape index (κ1) is 19.8. The Morgan fingerprint density at radius 1 is 0.889 bits per heavy atom. The van der Waals surface area contributed by atoms with Crippen LogP contribution in [0.1, 0.15) is 55.2 Å². The highest BCUT2D eigenvalue weighted by atomic mass is 79.9. The van der Waals surface area contributed by atoms with E-state index in [9.17, 15) is 5.11 Å². The van der Waals surface area contributed by atoms with Crippen molar-refractivity contribution in [2.45, 2.75) is 50.0 Å². The van der Waals surface area contributed by atoms with E-state index in [1.165, 1.54) is 18.4 Å². The Kier molecular flexibility index (Phi) is 7.60. The number of nitrogens with zero attached hydrogens (tertiary/aromatic N) is 2. The second-order valence-corrected chi connectivity index (χ2v) is 7.26. The summed E-state index contributed by atoms with van der Waals surface area (Å²) in [7, 11) is 0. The normalized spacial score (nSPS) is 12.2. The van der Waals surface area contributed by atoms with Gasteiger partial charge in [-0.05, 0) is 36.5 Å². The third-order valence-electron chi connectivity index (χ3n) is 4.58. The first-order chi connectivity index (χ1) is 13.3. The summed E-state index contributed by atoms with van der Waals surface area (Å²) < 4.78 is 5.71. The Labute approximate surface area is 168 Å². The smallest absolute Gasteiger partial charge is 0.223 e. The number of halogens is 1. The molecule has 1 aromatic carbocycles. The van der Waals surface area contributed by atoms with E-state index in [1.54, 1.807) is 12.4 Å². The number of aliphatic hydroxyl groups excluding tert-OH is 1. The zero-order chi connectivity index (χ0) is 18.9. The molecule has 0 saturated heterocycles. The van der Waals surface area contributed by atoms with Crippen LogP contribution in [0.15, 0.2) is 59.3 Å². The molecule has 0 amide bonds. The third kappa shape index (κ3) is 6.01. The lowest BCUT2D eigenvalue weighted by Gasteiger charge is -2.06. The fourth-order valence-corrected chi connectivity index (χ4v) is 3.33. The quantitative estimate of drug-likeness (QED) is 0.324. The molecule has 1 N–H and O–H groups in total. The van der Waals surface area contributed by atoms with Gasteiger partial charge < -0.3 is 9.52 Å². The number of aliphatic hydroxyl groups is 1. The molecule has 0 spiro atoms. The maximum atomic E-state index is 10.3. The molecule has 0 saturated carbocycles. The number of rotatable bonds is 10. The minimum Gasteiger partial charge on any atom is -0.436 e. The second kappa shape index (κ2) is 10.4. The van der Waals surface area contributed by atoms with Crippen molar-refractivity contribution >= 4 is 15.9 Å². The molecule has 0 fully saturated rings. The Balaban J connectivity index is 1.39. The van der Waals surface area contributed by atoms with Gasteiger partial charge in [0.1, 0.15) is 11.8 Å². The van der Waals surface area contributed by atoms with Gasteiger partial charge in [-0.15, -0.1) is 0 Å². The minimum atomic E-state index is -0.658. The van der Waals surface area contributed by atoms with Crippen LogP contribution in [-0.2, 0) is 11.8 Å². The fraction of sp³-hybridized carbons (Fsp3) is 0.364. The Morgan fingerprint density at radius 3 is 2.44 bits per heavy atom. The van der Waals surface area contributed by atoms with Crippen molar-refractivity contribution < 1.29 is 9.52 Å². The minimum absolute atomic E-state index is 0.376. The predicted molar refractivity (Wildman–Crippen MR) is 111 cm³/mol. The number of benzene rings is 1. The van der Waals surface area contributed by atoms with E-state index >= 15 is 0 Å². The summed E-state index contributed by atoms with van der Waals surface area (Å²) in [6.45, 7) is 0. The molecule has 27 heavy (non-hydrogen) atoms. The van der Waals surface area contributed by atoms with E-state index in [0.29, 0.717) is 18.1 Å². The molecule has 0 aliphatic rings. The monoisotopic (exact) mass is 428 g/mol. The van der Waals surface area contributed by atoms with E-state index < -0.39 is 6.10 Å². The van der Waals surface area contributed by atoms with Gasteiger partial charge in [0, 0.05) is 11.5 Å². The molecular weight excluding hydrogens is 404 g/mol. The molecule has 5 heteroatoms. The van der Waals surface area contributed by atoms with E-state index in [4.69, 9.17) is 4.42 Å². The number of aromatic nitrogens is 2. The van der Waals surface area contributed by atoms with Crippen molar-refractivity contribution in [3.05, 3.63) is 71.9 Å². The largest absolute Gasteiger partial charge is 0.436 e. The number of hydrogen-bond acceptors (Lipinski definition) is 4. The van der Waals surface area contributed by atoms with E-state index in [-0.39, 0.29) is 0 Å². The summed E-state index contributed by atoms with van der Waals surface area (Å²) in [5, 5.41) is 11.1. The summed E-state index contributed by atoms with van der Waals surface area (Å²) in [6, 6.07) is 14.5. The van der Waals surface area contributed by atoms with Crippen molar-refractivity contribution in [2.24, 2.45) is 0 Å². The van der Waals surface area contributed by atoms with Crippen LogP contribution >= 0.6 is 15.9 Å². The number of alkyl halides is 1. The van der Waals surface area contributed by atoms with Crippen molar-refractivity contribution in [2.75, 3.05) is 0 Å². The highest BCUT2D eigenvalue weighted by Gasteiger charge is 2.15. The third-order valence-corrected chi connectivity index (χ3v) is 5.22. The Bertz CT molecular complexity index is 803. The number of oxazole rings is 1. The average Bonchev–Trinajstić information content (AvgIpc) is 3.21. The molecule has 1 atom stereocenters. The molecule has 0 aliphatic carbocycles. The highest BCUT2D eigenvalue weighted by Crippen LogP contribution is 2.25. The Morgan fingerprint density at radius 2 is 1.70 bits per heavy atom. The van der Waals surface area contributed by atoms with E-state index in [1.807, 2.05) is 18.2 Å². The summed E-state index contributed by atoms with van der Waals surface area (Å²) >= 11 is 3.40. The molecule has 0 aliphatic heterocycles. The lowest BCUT2D eigenvalue weighted by Crippen LogP contribution is -1.97. The maximum Gasteiger partial charge on any atom is 0.223 e. The van der Waals surface area contributed by atoms with Crippen LogP contribution in [0.5, 0.6) is 0 Å². The van der Waals surface area contributed by atoms with Crippen molar-refractivity contribution in [1.82, 2.24) is 9.97 Å². The summed E-state index contributed by atoms with van der Waals surface area (Å²) in [5.41, 5.74) is 3.22. The zero-order valence-electron chi connectivity index (χ0n) is 15.4. The molecule has 3 rings (SSSR count). The summed E-state index contributed by atoms with van der Waals surface area (Å²) in [6.07, 6.45) is 8.98. The molecule has 0 radical (unpaired) electrons. The van der Waals surface area contributed by atoms with Crippen LogP contribution in [0.4, 0.5) is 0 Å². The maximum absolute atomic E-state index is 10.3. The summed E-state index contributed by atoms with van der Waals surface area (Å²) in [5.74, 6) is 0.966. The van der Waals surface area contributed by atoms with Crippen molar-refractivity contribution in [1.29, 1.82) is 0 Å². The lowest BCUT2D eigenvalue weighted by molar-refractivity contribution is 0.131. The van der Waals surface area contributed by atoms with Gasteiger partial charge in [-0.25, -0.2) is 4.98 Å². The first-order valence-corrected chi connectivity index (χ1v) is 10.6. The van der Waals surface area contributed by atoms with Gasteiger partial charge in [0.25, 0.3) is 0 Å². The van der Waals surface area contributed by atoms with Gasteiger partial charge in [0.15, 0.2) is 5.76 Å². The molecule has 4 nitrogen and oxygen atoms in total. The van der Waals surface area contributed by atoms with Crippen LogP contribution in [0.3, 0.4) is 0 Å². The number of aryl methyl sites for hydroxylation is 1. The average molecular weight is 429 g/mol. The number of pyridine rings is 1. The van der Waals surface area contributed by atoms with Crippen molar-refractivity contribution in [3.63, 3.8) is 0 Å². The lowest BCUT2D eigenvalue weighted by atomic mass is 10.0. The van der Waals surface area contributed by atoms with Crippen LogP contribution in [0.25, 0.3) is 11.5 Å². The van der Waals surface area contributed by atoms with Crippen LogP contribution in [0, 0.1) is 0 Å². The topological polar surface area (TPSA) is 59.2 Å². The van der Waals surface area contributed by atoms with Crippen LogP contribution in [0.2, 0.25) is 0 Å². The Hall–Kier alpha value is -1.98. The van der Waals surface area contributed by atoms with E-state index in [0.717, 1.165) is 35.8 Å². The fourth-order valence-electron chi connectivity index (χ4n) is 3.00. The van der Waals surface area contributed by atoms with Gasteiger partial charge in [-0.1, -0.05) is 71.6 Å². The molecule has 142 valence electrons. The van der Waals surface area contributed by atoms with Gasteiger partial charge >= 0.3 is 0 Å². The SMILES string of the molecule is O[C@@H](CCCCCCc1ccccc1)c1ncc(-c2ccc(CBr)cn2)o1. The van der Waals surface area contributed by atoms with Gasteiger partial charge in [-0.3, -0.25) is 4.98 Å². The predicted octanol–water partition coefficient (Wildman–Crippen LogP) is 5.86. The van der Waals surface area contributed by atoms with Crippen molar-refractivity contribution in [3.8, 4) is 11.5 Å². The first-order valence-electron chi connectivity index (χ1n) is 9.45. The zero-order valence-corrected chi connectivity index (χ0v) is 16.9. The molecule has 3 aromatic rings. The number of unbranched alkanes of at least 4 members (excludes halogenated alkanes) is 3. The van der Waals surface area contributed by atoms with Crippen LogP contribution in [-0.4, -0.2) is 15.1 Å². The standard InChI is InChI=1S/C22H25BrN2O2/c23-14-18-12-13-19(24-15-18)21-16-25-22(27-21)20(26)11-7-2-1-4-8-17-9-5-3-6-10-17/h3,5-6,9-10,12-13,15-16,20,26H,1-2,4,7-8,11,14H2/t20-/m0/s1. The highest BCUT2D eigenvalue weighted by molar-refractivity contribution is 9.08. The molecule has 2 aromatic heterocycles. The van der Waals surface area contributed by atoms with Gasteiger partial charge in [0.2, 0.25) is 5.89 Å². The number of hydrogen-bond donors (Lipinski definition) is 1. The van der Waals surface area contributed by atoms with Crippen LogP contribution < -0.4 is 0 Å².